The van der Waals surface area contributed by atoms with Crippen LogP contribution in [0.2, 0.25) is 0 Å². The third-order valence-corrected chi connectivity index (χ3v) is 6.58. The van der Waals surface area contributed by atoms with Crippen molar-refractivity contribution >= 4 is 28.6 Å². The summed E-state index contributed by atoms with van der Waals surface area (Å²) in [5.74, 6) is 0.830. The van der Waals surface area contributed by atoms with E-state index in [0.717, 1.165) is 54.7 Å². The summed E-state index contributed by atoms with van der Waals surface area (Å²) in [6, 6.07) is 11.9. The predicted molar refractivity (Wildman–Crippen MR) is 114 cm³/mol. The minimum absolute atomic E-state index is 0.0529. The fourth-order valence-corrected chi connectivity index (χ4v) is 4.81. The van der Waals surface area contributed by atoms with E-state index < -0.39 is 0 Å². The molecule has 0 unspecified atom stereocenters. The predicted octanol–water partition coefficient (Wildman–Crippen LogP) is 3.90. The highest BCUT2D eigenvalue weighted by atomic mass is 32.1. The zero-order valence-electron chi connectivity index (χ0n) is 15.8. The quantitative estimate of drug-likeness (QED) is 0.615. The number of nitrogens with zero attached hydrogens (tertiary/aromatic N) is 3. The van der Waals surface area contributed by atoms with E-state index in [1.165, 1.54) is 4.88 Å². The molecule has 7 heteroatoms. The van der Waals surface area contributed by atoms with Crippen molar-refractivity contribution in [2.75, 3.05) is 32.8 Å². The van der Waals surface area contributed by atoms with Gasteiger partial charge in [-0.25, -0.2) is 4.98 Å². The van der Waals surface area contributed by atoms with Gasteiger partial charge >= 0.3 is 0 Å². The number of thiophene rings is 1. The zero-order valence-corrected chi connectivity index (χ0v) is 17.5. The van der Waals surface area contributed by atoms with Crippen LogP contribution in [0.15, 0.2) is 47.2 Å². The summed E-state index contributed by atoms with van der Waals surface area (Å²) in [6.07, 6.45) is 0. The summed E-state index contributed by atoms with van der Waals surface area (Å²) < 4.78 is 5.70. The molecule has 0 aliphatic carbocycles. The van der Waals surface area contributed by atoms with Gasteiger partial charge in [0.05, 0.1) is 17.1 Å². The van der Waals surface area contributed by atoms with Crippen LogP contribution in [0.3, 0.4) is 0 Å². The highest BCUT2D eigenvalue weighted by Crippen LogP contribution is 2.26. The molecule has 1 aliphatic heterocycles. The molecule has 0 saturated carbocycles. The molecule has 146 valence electrons. The smallest absolute Gasteiger partial charge is 0.260 e. The number of carbonyl (C=O) groups excluding carboxylic acids is 1. The van der Waals surface area contributed by atoms with Gasteiger partial charge in [-0.15, -0.1) is 22.7 Å². The first-order chi connectivity index (χ1) is 13.7. The Bertz CT molecular complexity index is 915. The number of hydrogen-bond donors (Lipinski definition) is 0. The number of aromatic nitrogens is 1. The van der Waals surface area contributed by atoms with Gasteiger partial charge in [0.25, 0.3) is 5.91 Å². The highest BCUT2D eigenvalue weighted by Gasteiger charge is 2.22. The Morgan fingerprint density at radius 1 is 1.11 bits per heavy atom. The van der Waals surface area contributed by atoms with Gasteiger partial charge in [0, 0.05) is 31.6 Å². The number of thiazole rings is 1. The fraction of sp³-hybridized carbons (Fsp3) is 0.333. The lowest BCUT2D eigenvalue weighted by atomic mass is 10.2. The second-order valence-electron chi connectivity index (χ2n) is 6.81. The van der Waals surface area contributed by atoms with Gasteiger partial charge < -0.3 is 9.64 Å². The Labute approximate surface area is 173 Å². The molecular weight excluding hydrogens is 390 g/mol. The number of para-hydroxylation sites is 1. The second kappa shape index (κ2) is 8.86. The molecule has 1 saturated heterocycles. The van der Waals surface area contributed by atoms with E-state index in [1.807, 2.05) is 36.1 Å². The van der Waals surface area contributed by atoms with Gasteiger partial charge in [-0.3, -0.25) is 9.69 Å². The summed E-state index contributed by atoms with van der Waals surface area (Å²) in [6.45, 7) is 6.13. The number of aryl methyl sites for hydroxylation is 1. The number of benzene rings is 1. The lowest BCUT2D eigenvalue weighted by molar-refractivity contribution is -0.135. The first-order valence-corrected chi connectivity index (χ1v) is 11.1. The second-order valence-corrected chi connectivity index (χ2v) is 8.71. The highest BCUT2D eigenvalue weighted by molar-refractivity contribution is 7.14. The monoisotopic (exact) mass is 413 g/mol. The Balaban J connectivity index is 1.24. The Kier molecular flexibility index (Phi) is 6.04. The van der Waals surface area contributed by atoms with Gasteiger partial charge in [0.1, 0.15) is 10.8 Å². The van der Waals surface area contributed by atoms with Gasteiger partial charge in [-0.05, 0) is 30.0 Å². The van der Waals surface area contributed by atoms with Crippen LogP contribution >= 0.6 is 22.7 Å². The average molecular weight is 414 g/mol. The maximum Gasteiger partial charge on any atom is 0.260 e. The summed E-state index contributed by atoms with van der Waals surface area (Å²) >= 11 is 3.43. The van der Waals surface area contributed by atoms with E-state index in [9.17, 15) is 4.79 Å². The fourth-order valence-electron chi connectivity index (χ4n) is 3.22. The van der Waals surface area contributed by atoms with Gasteiger partial charge in [-0.1, -0.05) is 24.3 Å². The van der Waals surface area contributed by atoms with Crippen LogP contribution in [0.4, 0.5) is 0 Å². The molecule has 0 N–H and O–H groups in total. The number of carbonyl (C=O) groups is 1. The molecule has 5 nitrogen and oxygen atoms in total. The molecule has 1 aromatic carbocycles. The van der Waals surface area contributed by atoms with Gasteiger partial charge in [0.15, 0.2) is 6.61 Å². The van der Waals surface area contributed by atoms with E-state index in [4.69, 9.17) is 9.72 Å². The van der Waals surface area contributed by atoms with Crippen molar-refractivity contribution in [2.24, 2.45) is 0 Å². The van der Waals surface area contributed by atoms with E-state index in [-0.39, 0.29) is 12.5 Å². The Hall–Kier alpha value is -2.22. The van der Waals surface area contributed by atoms with Crippen molar-refractivity contribution in [3.8, 4) is 16.3 Å². The molecule has 1 fully saturated rings. The van der Waals surface area contributed by atoms with Crippen molar-refractivity contribution in [3.05, 3.63) is 57.7 Å². The number of amides is 1. The molecule has 0 spiro atoms. The van der Waals surface area contributed by atoms with Crippen LogP contribution in [0.25, 0.3) is 10.6 Å². The SMILES string of the molecule is Cc1ccccc1OCC(=O)N1CCN(Cc2nc(-c3cccs3)cs2)CC1. The summed E-state index contributed by atoms with van der Waals surface area (Å²) in [5.41, 5.74) is 2.11. The third-order valence-electron chi connectivity index (χ3n) is 4.85. The molecule has 3 heterocycles. The molecule has 2 aromatic heterocycles. The van der Waals surface area contributed by atoms with Crippen LogP contribution in [-0.4, -0.2) is 53.5 Å². The molecular formula is C21H23N3O2S2. The summed E-state index contributed by atoms with van der Waals surface area (Å²) in [5, 5.41) is 5.34. The van der Waals surface area contributed by atoms with Crippen molar-refractivity contribution in [3.63, 3.8) is 0 Å². The van der Waals surface area contributed by atoms with Crippen molar-refractivity contribution in [2.45, 2.75) is 13.5 Å². The normalized spacial score (nSPS) is 15.0. The lowest BCUT2D eigenvalue weighted by Gasteiger charge is -2.34. The number of piperazine rings is 1. The van der Waals surface area contributed by atoms with Crippen molar-refractivity contribution < 1.29 is 9.53 Å². The molecule has 0 atom stereocenters. The Morgan fingerprint density at radius 3 is 2.68 bits per heavy atom. The maximum absolute atomic E-state index is 12.5. The van der Waals surface area contributed by atoms with Crippen molar-refractivity contribution in [1.82, 2.24) is 14.8 Å². The molecule has 1 aliphatic rings. The summed E-state index contributed by atoms with van der Waals surface area (Å²) in [7, 11) is 0. The molecule has 28 heavy (non-hydrogen) atoms. The molecule has 4 rings (SSSR count). The van der Waals surface area contributed by atoms with Crippen LogP contribution in [0.1, 0.15) is 10.6 Å². The van der Waals surface area contributed by atoms with E-state index in [0.29, 0.717) is 0 Å². The first kappa shape index (κ1) is 19.1. The number of rotatable bonds is 6. The molecule has 1 amide bonds. The van der Waals surface area contributed by atoms with Crippen LogP contribution in [0.5, 0.6) is 5.75 Å². The number of ether oxygens (including phenoxy) is 1. The maximum atomic E-state index is 12.5. The number of hydrogen-bond acceptors (Lipinski definition) is 6. The Morgan fingerprint density at radius 2 is 1.93 bits per heavy atom. The van der Waals surface area contributed by atoms with E-state index in [2.05, 4.69) is 27.8 Å². The molecule has 0 bridgehead atoms. The summed E-state index contributed by atoms with van der Waals surface area (Å²) in [4.78, 5) is 22.7. The van der Waals surface area contributed by atoms with Gasteiger partial charge in [-0.2, -0.15) is 0 Å². The van der Waals surface area contributed by atoms with E-state index >= 15 is 0 Å². The zero-order chi connectivity index (χ0) is 19.3. The minimum atomic E-state index is 0.0529. The van der Waals surface area contributed by atoms with Crippen LogP contribution in [-0.2, 0) is 11.3 Å². The van der Waals surface area contributed by atoms with Crippen molar-refractivity contribution in [1.29, 1.82) is 0 Å². The van der Waals surface area contributed by atoms with E-state index in [1.54, 1.807) is 22.7 Å². The average Bonchev–Trinajstić information content (AvgIpc) is 3.39. The standard InChI is InChI=1S/C21H23N3O2S2/c1-16-5-2-3-6-18(16)26-14-21(25)24-10-8-23(9-11-24)13-20-22-17(15-28-20)19-7-4-12-27-19/h2-7,12,15H,8-11,13-14H2,1H3. The minimum Gasteiger partial charge on any atom is -0.484 e. The first-order valence-electron chi connectivity index (χ1n) is 9.36. The van der Waals surface area contributed by atoms with Gasteiger partial charge in [0.2, 0.25) is 0 Å². The largest absolute Gasteiger partial charge is 0.484 e. The molecule has 3 aromatic rings. The van der Waals surface area contributed by atoms with Crippen LogP contribution in [0, 0.1) is 6.92 Å². The third kappa shape index (κ3) is 4.60. The molecule has 0 radical (unpaired) electrons. The van der Waals surface area contributed by atoms with Crippen LogP contribution < -0.4 is 4.74 Å². The topological polar surface area (TPSA) is 45.7 Å². The lowest BCUT2D eigenvalue weighted by Crippen LogP contribution is -2.49.